The van der Waals surface area contributed by atoms with Crippen molar-refractivity contribution in [1.82, 2.24) is 14.9 Å². The van der Waals surface area contributed by atoms with E-state index < -0.39 is 0 Å². The number of nitrogens with zero attached hydrogens (tertiary/aromatic N) is 2. The summed E-state index contributed by atoms with van der Waals surface area (Å²) in [7, 11) is 0. The molecule has 0 unspecified atom stereocenters. The zero-order chi connectivity index (χ0) is 13.9. The molecule has 0 aromatic carbocycles. The largest absolute Gasteiger partial charge is 0.328 e. The molecule has 20 heavy (non-hydrogen) atoms. The molecule has 2 heterocycles. The molecule has 0 bridgehead atoms. The van der Waals surface area contributed by atoms with E-state index in [-0.39, 0.29) is 17.5 Å². The van der Waals surface area contributed by atoms with Crippen molar-refractivity contribution < 1.29 is 4.79 Å². The first-order valence-corrected chi connectivity index (χ1v) is 6.64. The minimum Gasteiger partial charge on any atom is -0.328 e. The van der Waals surface area contributed by atoms with Crippen molar-refractivity contribution in [2.45, 2.75) is 25.4 Å². The van der Waals surface area contributed by atoms with Gasteiger partial charge in [0.05, 0.1) is 12.2 Å². The zero-order valence-electron chi connectivity index (χ0n) is 11.0. The van der Waals surface area contributed by atoms with Gasteiger partial charge < -0.3 is 9.88 Å². The maximum Gasteiger partial charge on any atom is 0.270 e. The summed E-state index contributed by atoms with van der Waals surface area (Å²) in [6.45, 7) is 0.473. The second-order valence-corrected chi connectivity index (χ2v) is 4.91. The summed E-state index contributed by atoms with van der Waals surface area (Å²) in [4.78, 5) is 32.5. The molecular weight excluding hydrogens is 254 g/mol. The van der Waals surface area contributed by atoms with Gasteiger partial charge >= 0.3 is 0 Å². The van der Waals surface area contributed by atoms with E-state index in [1.807, 2.05) is 18.2 Å². The van der Waals surface area contributed by atoms with E-state index in [0.717, 1.165) is 18.5 Å². The number of carbonyl (C=O) groups is 1. The Kier molecular flexibility index (Phi) is 3.33. The minimum absolute atomic E-state index is 0.143. The Morgan fingerprint density at radius 3 is 2.75 bits per heavy atom. The number of pyridine rings is 2. The predicted octanol–water partition coefficient (Wildman–Crippen LogP) is 1.57. The van der Waals surface area contributed by atoms with Crippen molar-refractivity contribution in [2.24, 2.45) is 0 Å². The predicted molar refractivity (Wildman–Crippen MR) is 74.2 cm³/mol. The second-order valence-electron chi connectivity index (χ2n) is 4.91. The molecule has 1 amide bonds. The molecule has 1 aliphatic carbocycles. The van der Waals surface area contributed by atoms with Crippen LogP contribution in [0.5, 0.6) is 0 Å². The first-order valence-electron chi connectivity index (χ1n) is 6.64. The highest BCUT2D eigenvalue weighted by Gasteiger charge is 2.33. The molecular formula is C15H15N3O2. The molecule has 1 aliphatic rings. The van der Waals surface area contributed by atoms with E-state index in [2.05, 4.69) is 9.97 Å². The number of amides is 1. The quantitative estimate of drug-likeness (QED) is 0.916. The Balaban J connectivity index is 1.84. The molecule has 5 heteroatoms. The molecule has 1 saturated carbocycles. The third-order valence-corrected chi connectivity index (χ3v) is 3.31. The highest BCUT2D eigenvalue weighted by Crippen LogP contribution is 2.29. The molecule has 1 N–H and O–H groups in total. The maximum atomic E-state index is 12.5. The van der Waals surface area contributed by atoms with Crippen LogP contribution in [0, 0.1) is 0 Å². The average molecular weight is 269 g/mol. The Morgan fingerprint density at radius 2 is 2.10 bits per heavy atom. The van der Waals surface area contributed by atoms with Crippen molar-refractivity contribution >= 4 is 5.91 Å². The third-order valence-electron chi connectivity index (χ3n) is 3.31. The molecule has 5 nitrogen and oxygen atoms in total. The van der Waals surface area contributed by atoms with Crippen LogP contribution in [0.3, 0.4) is 0 Å². The van der Waals surface area contributed by atoms with Crippen LogP contribution < -0.4 is 5.56 Å². The average Bonchev–Trinajstić information content (AvgIpc) is 3.30. The lowest BCUT2D eigenvalue weighted by atomic mass is 10.2. The van der Waals surface area contributed by atoms with Crippen LogP contribution in [0.25, 0.3) is 0 Å². The number of aromatic nitrogens is 2. The maximum absolute atomic E-state index is 12.5. The summed E-state index contributed by atoms with van der Waals surface area (Å²) in [6, 6.07) is 10.5. The van der Waals surface area contributed by atoms with Crippen LogP contribution in [0.2, 0.25) is 0 Å². The van der Waals surface area contributed by atoms with Gasteiger partial charge in [0, 0.05) is 18.3 Å². The van der Waals surface area contributed by atoms with E-state index in [0.29, 0.717) is 12.2 Å². The number of aromatic amines is 1. The first kappa shape index (κ1) is 12.6. The number of rotatable bonds is 4. The Bertz CT molecular complexity index is 662. The van der Waals surface area contributed by atoms with Crippen molar-refractivity contribution in [1.29, 1.82) is 0 Å². The first-order chi connectivity index (χ1) is 9.74. The van der Waals surface area contributed by atoms with Gasteiger partial charge in [-0.25, -0.2) is 0 Å². The van der Waals surface area contributed by atoms with Crippen LogP contribution >= 0.6 is 0 Å². The molecule has 0 saturated heterocycles. The number of H-pyrrole nitrogens is 1. The van der Waals surface area contributed by atoms with Gasteiger partial charge in [0.25, 0.3) is 5.91 Å². The van der Waals surface area contributed by atoms with Crippen molar-refractivity contribution in [3.05, 3.63) is 64.3 Å². The topological polar surface area (TPSA) is 66.1 Å². The lowest BCUT2D eigenvalue weighted by molar-refractivity contribution is 0.0721. The lowest BCUT2D eigenvalue weighted by Gasteiger charge is -2.21. The fraction of sp³-hybridized carbons (Fsp3) is 0.267. The van der Waals surface area contributed by atoms with Crippen LogP contribution in [0.4, 0.5) is 0 Å². The summed E-state index contributed by atoms with van der Waals surface area (Å²) >= 11 is 0. The van der Waals surface area contributed by atoms with Crippen molar-refractivity contribution in [3.63, 3.8) is 0 Å². The van der Waals surface area contributed by atoms with Crippen LogP contribution in [0.15, 0.2) is 47.4 Å². The molecule has 2 aromatic rings. The monoisotopic (exact) mass is 269 g/mol. The van der Waals surface area contributed by atoms with Crippen molar-refractivity contribution in [2.75, 3.05) is 0 Å². The summed E-state index contributed by atoms with van der Waals surface area (Å²) in [5, 5.41) is 0. The molecule has 0 radical (unpaired) electrons. The van der Waals surface area contributed by atoms with Gasteiger partial charge in [-0.1, -0.05) is 12.1 Å². The van der Waals surface area contributed by atoms with E-state index in [9.17, 15) is 9.59 Å². The molecule has 1 fully saturated rings. The molecule has 2 aromatic heterocycles. The second kappa shape index (κ2) is 5.28. The summed E-state index contributed by atoms with van der Waals surface area (Å²) in [5.74, 6) is -0.143. The molecule has 3 rings (SSSR count). The zero-order valence-corrected chi connectivity index (χ0v) is 11.0. The number of hydrogen-bond donors (Lipinski definition) is 1. The van der Waals surface area contributed by atoms with Gasteiger partial charge in [0.2, 0.25) is 5.56 Å². The van der Waals surface area contributed by atoms with E-state index in [1.165, 1.54) is 6.07 Å². The molecule has 0 spiro atoms. The lowest BCUT2D eigenvalue weighted by Crippen LogP contribution is -2.34. The molecule has 102 valence electrons. The van der Waals surface area contributed by atoms with E-state index >= 15 is 0 Å². The number of carbonyl (C=O) groups excluding carboxylic acids is 1. The van der Waals surface area contributed by atoms with Gasteiger partial charge in [-0.2, -0.15) is 0 Å². The SMILES string of the molecule is O=C(c1cccc(=O)[nH]1)N(Cc1ccccn1)C1CC1. The van der Waals surface area contributed by atoms with E-state index in [4.69, 9.17) is 0 Å². The Labute approximate surface area is 116 Å². The van der Waals surface area contributed by atoms with Crippen LogP contribution in [-0.2, 0) is 6.54 Å². The summed E-state index contributed by atoms with van der Waals surface area (Å²) < 4.78 is 0. The van der Waals surface area contributed by atoms with Gasteiger partial charge in [-0.3, -0.25) is 14.6 Å². The van der Waals surface area contributed by atoms with Gasteiger partial charge in [-0.05, 0) is 31.0 Å². The van der Waals surface area contributed by atoms with Crippen molar-refractivity contribution in [3.8, 4) is 0 Å². The van der Waals surface area contributed by atoms with Gasteiger partial charge in [0.1, 0.15) is 5.69 Å². The fourth-order valence-corrected chi connectivity index (χ4v) is 2.15. The van der Waals surface area contributed by atoms with Gasteiger partial charge in [0.15, 0.2) is 0 Å². The normalized spacial score (nSPS) is 14.0. The van der Waals surface area contributed by atoms with Crippen LogP contribution in [0.1, 0.15) is 29.0 Å². The number of hydrogen-bond acceptors (Lipinski definition) is 3. The molecule has 0 atom stereocenters. The number of nitrogens with one attached hydrogen (secondary N) is 1. The van der Waals surface area contributed by atoms with Crippen LogP contribution in [-0.4, -0.2) is 26.8 Å². The van der Waals surface area contributed by atoms with E-state index in [1.54, 1.807) is 23.2 Å². The third kappa shape index (κ3) is 2.77. The minimum atomic E-state index is -0.260. The highest BCUT2D eigenvalue weighted by molar-refractivity contribution is 5.92. The summed E-state index contributed by atoms with van der Waals surface area (Å²) in [6.07, 6.45) is 3.74. The highest BCUT2D eigenvalue weighted by atomic mass is 16.2. The Morgan fingerprint density at radius 1 is 1.25 bits per heavy atom. The fourth-order valence-electron chi connectivity index (χ4n) is 2.15. The summed E-state index contributed by atoms with van der Waals surface area (Å²) in [5.41, 5.74) is 0.927. The Hall–Kier alpha value is -2.43. The standard InChI is InChI=1S/C15H15N3O2/c19-14-6-3-5-13(17-14)15(20)18(12-7-8-12)10-11-4-1-2-9-16-11/h1-6,9,12H,7-8,10H2,(H,17,19). The smallest absolute Gasteiger partial charge is 0.270 e. The van der Waals surface area contributed by atoms with Gasteiger partial charge in [-0.15, -0.1) is 0 Å². The molecule has 0 aliphatic heterocycles.